The number of aryl methyl sites for hydroxylation is 1. The molecule has 2 heterocycles. The summed E-state index contributed by atoms with van der Waals surface area (Å²) in [5.74, 6) is 1.55. The first-order valence-electron chi connectivity index (χ1n) is 6.36. The van der Waals surface area contributed by atoms with E-state index in [0.29, 0.717) is 5.95 Å². The van der Waals surface area contributed by atoms with Crippen LogP contribution < -0.4 is 10.2 Å². The van der Waals surface area contributed by atoms with Gasteiger partial charge in [-0.15, -0.1) is 11.3 Å². The van der Waals surface area contributed by atoms with Crippen molar-refractivity contribution in [3.05, 3.63) is 10.9 Å². The zero-order valence-corrected chi connectivity index (χ0v) is 12.6. The molecule has 0 saturated carbocycles. The molecule has 5 nitrogen and oxygen atoms in total. The monoisotopic (exact) mass is 280 g/mol. The molecule has 2 N–H and O–H groups in total. The van der Waals surface area contributed by atoms with Crippen LogP contribution in [0.5, 0.6) is 0 Å². The van der Waals surface area contributed by atoms with Crippen molar-refractivity contribution < 1.29 is 5.11 Å². The number of fused-ring (bicyclic) bond motifs is 1. The standard InChI is InChI=1S/C13H20N4OS/c1-8(18)5-6-17(4)11-10-7-9(2)19-12(10)16-13(14-3)15-11/h7-8,18H,5-6H2,1-4H3,(H,14,15,16). The van der Waals surface area contributed by atoms with Gasteiger partial charge in [-0.1, -0.05) is 0 Å². The summed E-state index contributed by atoms with van der Waals surface area (Å²) < 4.78 is 0. The van der Waals surface area contributed by atoms with Crippen LogP contribution in [0.4, 0.5) is 11.8 Å². The Kier molecular flexibility index (Phi) is 4.21. The van der Waals surface area contributed by atoms with Crippen molar-refractivity contribution in [2.24, 2.45) is 0 Å². The molecule has 104 valence electrons. The van der Waals surface area contributed by atoms with Gasteiger partial charge in [-0.05, 0) is 26.3 Å². The Hall–Kier alpha value is -1.40. The summed E-state index contributed by atoms with van der Waals surface area (Å²) in [6.07, 6.45) is 0.424. The fourth-order valence-electron chi connectivity index (χ4n) is 1.92. The molecule has 0 aliphatic carbocycles. The summed E-state index contributed by atoms with van der Waals surface area (Å²) in [4.78, 5) is 13.3. The molecular formula is C13H20N4OS. The number of hydrogen-bond donors (Lipinski definition) is 2. The summed E-state index contributed by atoms with van der Waals surface area (Å²) in [6.45, 7) is 4.64. The highest BCUT2D eigenvalue weighted by Crippen LogP contribution is 2.31. The summed E-state index contributed by atoms with van der Waals surface area (Å²) in [5, 5.41) is 13.5. The summed E-state index contributed by atoms with van der Waals surface area (Å²) in [6, 6.07) is 2.12. The van der Waals surface area contributed by atoms with Crippen molar-refractivity contribution in [3.63, 3.8) is 0 Å². The number of nitrogens with zero attached hydrogens (tertiary/aromatic N) is 3. The minimum Gasteiger partial charge on any atom is -0.393 e. The SMILES string of the molecule is CNc1nc(N(C)CCC(C)O)c2cc(C)sc2n1. The molecule has 6 heteroatoms. The second-order valence-electron chi connectivity index (χ2n) is 4.76. The lowest BCUT2D eigenvalue weighted by Crippen LogP contribution is -2.23. The third kappa shape index (κ3) is 3.13. The zero-order valence-electron chi connectivity index (χ0n) is 11.8. The van der Waals surface area contributed by atoms with Crippen LogP contribution in [0.25, 0.3) is 10.2 Å². The van der Waals surface area contributed by atoms with Crippen LogP contribution in [0, 0.1) is 6.92 Å². The molecule has 0 spiro atoms. The van der Waals surface area contributed by atoms with Gasteiger partial charge in [0.2, 0.25) is 5.95 Å². The van der Waals surface area contributed by atoms with E-state index in [4.69, 9.17) is 0 Å². The van der Waals surface area contributed by atoms with Gasteiger partial charge in [-0.25, -0.2) is 4.98 Å². The highest BCUT2D eigenvalue weighted by Gasteiger charge is 2.14. The summed E-state index contributed by atoms with van der Waals surface area (Å²) in [5.41, 5.74) is 0. The number of rotatable bonds is 5. The van der Waals surface area contributed by atoms with Gasteiger partial charge in [0, 0.05) is 25.5 Å². The van der Waals surface area contributed by atoms with E-state index >= 15 is 0 Å². The van der Waals surface area contributed by atoms with Crippen LogP contribution in [-0.2, 0) is 0 Å². The van der Waals surface area contributed by atoms with Crippen LogP contribution in [0.15, 0.2) is 6.07 Å². The maximum Gasteiger partial charge on any atom is 0.225 e. The molecule has 0 aliphatic heterocycles. The van der Waals surface area contributed by atoms with Crippen molar-refractivity contribution in [2.75, 3.05) is 30.9 Å². The van der Waals surface area contributed by atoms with Crippen molar-refractivity contribution in [1.29, 1.82) is 0 Å². The molecule has 2 rings (SSSR count). The molecule has 2 aromatic heterocycles. The Bertz CT molecular complexity index is 567. The van der Waals surface area contributed by atoms with Gasteiger partial charge in [0.25, 0.3) is 0 Å². The van der Waals surface area contributed by atoms with Crippen molar-refractivity contribution >= 4 is 33.3 Å². The second kappa shape index (κ2) is 5.71. The largest absolute Gasteiger partial charge is 0.393 e. The fraction of sp³-hybridized carbons (Fsp3) is 0.538. The first-order valence-corrected chi connectivity index (χ1v) is 7.18. The maximum atomic E-state index is 9.40. The van der Waals surface area contributed by atoms with Gasteiger partial charge in [0.15, 0.2) is 0 Å². The lowest BCUT2D eigenvalue weighted by Gasteiger charge is -2.20. The molecule has 0 radical (unpaired) electrons. The number of hydrogen-bond acceptors (Lipinski definition) is 6. The number of aliphatic hydroxyl groups is 1. The van der Waals surface area contributed by atoms with E-state index in [1.54, 1.807) is 18.3 Å². The van der Waals surface area contributed by atoms with E-state index in [2.05, 4.69) is 33.2 Å². The molecule has 0 amide bonds. The lowest BCUT2D eigenvalue weighted by atomic mass is 10.2. The molecule has 2 aromatic rings. The van der Waals surface area contributed by atoms with E-state index < -0.39 is 0 Å². The van der Waals surface area contributed by atoms with E-state index in [9.17, 15) is 5.11 Å². The Morgan fingerprint density at radius 3 is 2.84 bits per heavy atom. The van der Waals surface area contributed by atoms with Gasteiger partial charge in [0.1, 0.15) is 10.6 Å². The van der Waals surface area contributed by atoms with E-state index in [-0.39, 0.29) is 6.10 Å². The minimum atomic E-state index is -0.298. The molecular weight excluding hydrogens is 260 g/mol. The Labute approximate surface area is 117 Å². The first kappa shape index (κ1) is 14.0. The van der Waals surface area contributed by atoms with Crippen molar-refractivity contribution in [2.45, 2.75) is 26.4 Å². The van der Waals surface area contributed by atoms with E-state index in [1.807, 2.05) is 14.1 Å². The Morgan fingerprint density at radius 1 is 1.47 bits per heavy atom. The Morgan fingerprint density at radius 2 is 2.21 bits per heavy atom. The molecule has 19 heavy (non-hydrogen) atoms. The average molecular weight is 280 g/mol. The smallest absolute Gasteiger partial charge is 0.225 e. The molecule has 0 aliphatic rings. The quantitative estimate of drug-likeness (QED) is 0.879. The first-order chi connectivity index (χ1) is 9.01. The van der Waals surface area contributed by atoms with Crippen molar-refractivity contribution in [3.8, 4) is 0 Å². The number of aliphatic hydroxyl groups excluding tert-OH is 1. The number of aromatic nitrogens is 2. The second-order valence-corrected chi connectivity index (χ2v) is 5.99. The Balaban J connectivity index is 2.39. The van der Waals surface area contributed by atoms with Crippen LogP contribution in [-0.4, -0.2) is 41.8 Å². The van der Waals surface area contributed by atoms with E-state index in [1.165, 1.54) is 4.88 Å². The van der Waals surface area contributed by atoms with Crippen LogP contribution in [0.2, 0.25) is 0 Å². The predicted molar refractivity (Wildman–Crippen MR) is 81.3 cm³/mol. The highest BCUT2D eigenvalue weighted by atomic mass is 32.1. The fourth-order valence-corrected chi connectivity index (χ4v) is 2.79. The molecule has 1 atom stereocenters. The van der Waals surface area contributed by atoms with Gasteiger partial charge >= 0.3 is 0 Å². The van der Waals surface area contributed by atoms with Gasteiger partial charge in [-0.3, -0.25) is 0 Å². The maximum absolute atomic E-state index is 9.40. The minimum absolute atomic E-state index is 0.298. The predicted octanol–water partition coefficient (Wildman–Crippen LogP) is 2.25. The average Bonchev–Trinajstić information content (AvgIpc) is 2.74. The number of anilines is 2. The topological polar surface area (TPSA) is 61.3 Å². The van der Waals surface area contributed by atoms with Crippen LogP contribution in [0.3, 0.4) is 0 Å². The number of thiophene rings is 1. The van der Waals surface area contributed by atoms with Crippen molar-refractivity contribution in [1.82, 2.24) is 9.97 Å². The lowest BCUT2D eigenvalue weighted by molar-refractivity contribution is 0.187. The van der Waals surface area contributed by atoms with Crippen LogP contribution >= 0.6 is 11.3 Å². The van der Waals surface area contributed by atoms with Gasteiger partial charge < -0.3 is 15.3 Å². The summed E-state index contributed by atoms with van der Waals surface area (Å²) >= 11 is 1.67. The third-order valence-corrected chi connectivity index (χ3v) is 3.91. The van der Waals surface area contributed by atoms with E-state index in [0.717, 1.165) is 29.0 Å². The highest BCUT2D eigenvalue weighted by molar-refractivity contribution is 7.18. The zero-order chi connectivity index (χ0) is 14.0. The van der Waals surface area contributed by atoms with Gasteiger partial charge in [-0.2, -0.15) is 4.98 Å². The third-order valence-electron chi connectivity index (χ3n) is 2.96. The normalized spacial score (nSPS) is 12.7. The number of nitrogens with one attached hydrogen (secondary N) is 1. The molecule has 0 aromatic carbocycles. The van der Waals surface area contributed by atoms with Gasteiger partial charge in [0.05, 0.1) is 11.5 Å². The molecule has 1 unspecified atom stereocenters. The van der Waals surface area contributed by atoms with Crippen LogP contribution in [0.1, 0.15) is 18.2 Å². The molecule has 0 fully saturated rings. The molecule has 0 saturated heterocycles. The summed E-state index contributed by atoms with van der Waals surface area (Å²) in [7, 11) is 3.82. The molecule has 0 bridgehead atoms.